The summed E-state index contributed by atoms with van der Waals surface area (Å²) in [4.78, 5) is 8.67. The first-order valence-electron chi connectivity index (χ1n) is 6.09. The van der Waals surface area contributed by atoms with E-state index in [2.05, 4.69) is 25.9 Å². The molecule has 0 N–H and O–H groups in total. The first kappa shape index (κ1) is 14.6. The van der Waals surface area contributed by atoms with Gasteiger partial charge in [-0.1, -0.05) is 51.3 Å². The summed E-state index contributed by atoms with van der Waals surface area (Å²) in [5.41, 5.74) is 2.26. The third kappa shape index (κ3) is 2.84. The van der Waals surface area contributed by atoms with Crippen molar-refractivity contribution in [3.05, 3.63) is 57.1 Å². The number of aryl methyl sites for hydroxylation is 1. The maximum absolute atomic E-state index is 6.30. The zero-order valence-electron chi connectivity index (χ0n) is 10.9. The zero-order valence-corrected chi connectivity index (χ0v) is 14.0. The highest BCUT2D eigenvalue weighted by molar-refractivity contribution is 9.10. The molecule has 3 nitrogen and oxygen atoms in total. The fourth-order valence-electron chi connectivity index (χ4n) is 2.00. The van der Waals surface area contributed by atoms with Gasteiger partial charge in [0.1, 0.15) is 16.1 Å². The molecule has 0 saturated heterocycles. The lowest BCUT2D eigenvalue weighted by Gasteiger charge is -2.08. The van der Waals surface area contributed by atoms with Crippen LogP contribution in [0.15, 0.2) is 45.5 Å². The largest absolute Gasteiger partial charge is 0.469 e. The fraction of sp³-hybridized carbons (Fsp3) is 0.0667. The van der Waals surface area contributed by atoms with Crippen molar-refractivity contribution in [3.63, 3.8) is 0 Å². The number of furan rings is 1. The highest BCUT2D eigenvalue weighted by atomic mass is 79.9. The number of hydrogen-bond donors (Lipinski definition) is 0. The van der Waals surface area contributed by atoms with Crippen LogP contribution in [0.2, 0.25) is 10.3 Å². The van der Waals surface area contributed by atoms with Gasteiger partial charge in [-0.15, -0.1) is 0 Å². The Kier molecular flexibility index (Phi) is 4.02. The fourth-order valence-corrected chi connectivity index (χ4v) is 2.87. The Morgan fingerprint density at radius 3 is 2.14 bits per heavy atom. The van der Waals surface area contributed by atoms with E-state index >= 15 is 0 Å². The average Bonchev–Trinajstić information content (AvgIpc) is 2.86. The number of halogens is 3. The number of nitrogens with zero attached hydrogens (tertiary/aromatic N) is 2. The molecule has 0 spiro atoms. The minimum absolute atomic E-state index is 0.313. The minimum atomic E-state index is 0.313. The lowest BCUT2D eigenvalue weighted by molar-refractivity contribution is 0.535. The highest BCUT2D eigenvalue weighted by Gasteiger charge is 2.16. The molecule has 0 bridgehead atoms. The van der Waals surface area contributed by atoms with Gasteiger partial charge in [-0.2, -0.15) is 0 Å². The van der Waals surface area contributed by atoms with E-state index in [0.717, 1.165) is 21.4 Å². The smallest absolute Gasteiger partial charge is 0.166 e. The molecule has 0 radical (unpaired) electrons. The van der Waals surface area contributed by atoms with Crippen molar-refractivity contribution < 1.29 is 4.42 Å². The van der Waals surface area contributed by atoms with Crippen LogP contribution >= 0.6 is 39.1 Å². The van der Waals surface area contributed by atoms with Crippen molar-refractivity contribution >= 4 is 39.1 Å². The van der Waals surface area contributed by atoms with Gasteiger partial charge in [0.05, 0.1) is 17.4 Å². The van der Waals surface area contributed by atoms with E-state index in [1.54, 1.807) is 12.3 Å². The predicted octanol–water partition coefficient (Wildman–Crippen LogP) is 5.78. The van der Waals surface area contributed by atoms with Crippen LogP contribution in [-0.2, 0) is 0 Å². The normalized spacial score (nSPS) is 10.9. The zero-order chi connectivity index (χ0) is 15.0. The average molecular weight is 384 g/mol. The van der Waals surface area contributed by atoms with E-state index in [1.165, 1.54) is 0 Å². The first-order valence-corrected chi connectivity index (χ1v) is 7.64. The van der Waals surface area contributed by atoms with E-state index < -0.39 is 0 Å². The third-order valence-electron chi connectivity index (χ3n) is 3.05. The van der Waals surface area contributed by atoms with E-state index in [-0.39, 0.29) is 0 Å². The lowest BCUT2D eigenvalue weighted by Crippen LogP contribution is -1.94. The topological polar surface area (TPSA) is 38.9 Å². The van der Waals surface area contributed by atoms with Gasteiger partial charge in [0, 0.05) is 4.47 Å². The molecule has 0 amide bonds. The molecule has 0 saturated carbocycles. The molecule has 2 heterocycles. The van der Waals surface area contributed by atoms with Crippen molar-refractivity contribution in [3.8, 4) is 22.5 Å². The van der Waals surface area contributed by atoms with Crippen LogP contribution < -0.4 is 0 Å². The van der Waals surface area contributed by atoms with Crippen LogP contribution in [-0.4, -0.2) is 9.97 Å². The molecule has 0 aliphatic rings. The lowest BCUT2D eigenvalue weighted by atomic mass is 10.1. The molecule has 106 valence electrons. The summed E-state index contributed by atoms with van der Waals surface area (Å²) in [6, 6.07) is 9.43. The van der Waals surface area contributed by atoms with Crippen LogP contribution in [0.1, 0.15) is 5.76 Å². The van der Waals surface area contributed by atoms with E-state index in [4.69, 9.17) is 27.6 Å². The van der Waals surface area contributed by atoms with Gasteiger partial charge in [-0.3, -0.25) is 0 Å². The van der Waals surface area contributed by atoms with E-state index in [1.807, 2.05) is 31.2 Å². The van der Waals surface area contributed by atoms with Crippen molar-refractivity contribution in [2.45, 2.75) is 6.92 Å². The Hall–Kier alpha value is -1.36. The Labute approximate surface area is 140 Å². The second-order valence-corrected chi connectivity index (χ2v) is 6.03. The minimum Gasteiger partial charge on any atom is -0.469 e. The van der Waals surface area contributed by atoms with Gasteiger partial charge >= 0.3 is 0 Å². The molecule has 2 aromatic heterocycles. The summed E-state index contributed by atoms with van der Waals surface area (Å²) in [6.07, 6.45) is 1.58. The summed E-state index contributed by atoms with van der Waals surface area (Å²) >= 11 is 16.0. The second kappa shape index (κ2) is 5.79. The van der Waals surface area contributed by atoms with Crippen LogP contribution in [0.5, 0.6) is 0 Å². The number of aromatic nitrogens is 2. The standard InChI is InChI=1S/C15H9BrCl2N2O/c1-8-11(6-7-21-8)15-19-13(17)12(14(18)20-15)9-2-4-10(16)5-3-9/h2-7H,1H3. The Morgan fingerprint density at radius 2 is 1.62 bits per heavy atom. The van der Waals surface area contributed by atoms with Crippen LogP contribution in [0.4, 0.5) is 0 Å². The SMILES string of the molecule is Cc1occc1-c1nc(Cl)c(-c2ccc(Br)cc2)c(Cl)n1. The van der Waals surface area contributed by atoms with Crippen molar-refractivity contribution in [2.75, 3.05) is 0 Å². The predicted molar refractivity (Wildman–Crippen MR) is 87.6 cm³/mol. The Balaban J connectivity index is 2.13. The Bertz CT molecular complexity index is 777. The van der Waals surface area contributed by atoms with E-state index in [9.17, 15) is 0 Å². The maximum Gasteiger partial charge on any atom is 0.166 e. The molecular formula is C15H9BrCl2N2O. The van der Waals surface area contributed by atoms with Gasteiger partial charge in [-0.25, -0.2) is 9.97 Å². The van der Waals surface area contributed by atoms with Crippen LogP contribution in [0.3, 0.4) is 0 Å². The molecule has 0 aliphatic heterocycles. The molecule has 0 fully saturated rings. The van der Waals surface area contributed by atoms with Gasteiger partial charge in [0.25, 0.3) is 0 Å². The molecule has 1 aromatic carbocycles. The van der Waals surface area contributed by atoms with Crippen molar-refractivity contribution in [2.24, 2.45) is 0 Å². The summed E-state index contributed by atoms with van der Waals surface area (Å²) in [6.45, 7) is 1.84. The quantitative estimate of drug-likeness (QED) is 0.526. The molecular weight excluding hydrogens is 375 g/mol. The van der Waals surface area contributed by atoms with Crippen molar-refractivity contribution in [1.29, 1.82) is 0 Å². The monoisotopic (exact) mass is 382 g/mol. The van der Waals surface area contributed by atoms with Gasteiger partial charge in [0.2, 0.25) is 0 Å². The Morgan fingerprint density at radius 1 is 1.00 bits per heavy atom. The molecule has 21 heavy (non-hydrogen) atoms. The van der Waals surface area contributed by atoms with Gasteiger partial charge in [-0.05, 0) is 30.7 Å². The summed E-state index contributed by atoms with van der Waals surface area (Å²) in [5.74, 6) is 1.18. The molecule has 0 atom stereocenters. The molecule has 0 unspecified atom stereocenters. The summed E-state index contributed by atoms with van der Waals surface area (Å²) in [7, 11) is 0. The maximum atomic E-state index is 6.30. The van der Waals surface area contributed by atoms with Crippen LogP contribution in [0.25, 0.3) is 22.5 Å². The highest BCUT2D eigenvalue weighted by Crippen LogP contribution is 2.35. The second-order valence-electron chi connectivity index (χ2n) is 4.40. The summed E-state index contributed by atoms with van der Waals surface area (Å²) in [5, 5.41) is 0.626. The number of benzene rings is 1. The van der Waals surface area contributed by atoms with Gasteiger partial charge < -0.3 is 4.42 Å². The van der Waals surface area contributed by atoms with Gasteiger partial charge in [0.15, 0.2) is 5.82 Å². The van der Waals surface area contributed by atoms with E-state index in [0.29, 0.717) is 21.7 Å². The first-order chi connectivity index (χ1) is 10.1. The number of hydrogen-bond acceptors (Lipinski definition) is 3. The third-order valence-corrected chi connectivity index (χ3v) is 4.13. The number of rotatable bonds is 2. The van der Waals surface area contributed by atoms with Crippen molar-refractivity contribution in [1.82, 2.24) is 9.97 Å². The van der Waals surface area contributed by atoms with Crippen LogP contribution in [0, 0.1) is 6.92 Å². The molecule has 0 aliphatic carbocycles. The summed E-state index contributed by atoms with van der Waals surface area (Å²) < 4.78 is 6.23. The molecule has 3 aromatic rings. The molecule has 3 rings (SSSR count). The molecule has 6 heteroatoms.